The molecule has 0 N–H and O–H groups in total. The van der Waals surface area contributed by atoms with E-state index in [2.05, 4.69) is 41.5 Å². The molecule has 0 spiro atoms. The van der Waals surface area contributed by atoms with Crippen molar-refractivity contribution in [2.75, 3.05) is 6.61 Å². The Balaban J connectivity index is 3.84. The molecular weight excluding hydrogens is 148 g/mol. The Morgan fingerprint density at radius 1 is 1.17 bits per heavy atom. The Labute approximate surface area is 77.5 Å². The van der Waals surface area contributed by atoms with E-state index in [1.54, 1.807) is 0 Å². The lowest BCUT2D eigenvalue weighted by Crippen LogP contribution is -2.29. The van der Waals surface area contributed by atoms with E-state index in [1.165, 1.54) is 0 Å². The number of hydrogen-bond acceptors (Lipinski definition) is 1. The molecule has 1 heteroatoms. The second kappa shape index (κ2) is 4.86. The van der Waals surface area contributed by atoms with Crippen LogP contribution in [0.3, 0.4) is 0 Å². The van der Waals surface area contributed by atoms with Gasteiger partial charge in [0.15, 0.2) is 0 Å². The van der Waals surface area contributed by atoms with Gasteiger partial charge in [0.25, 0.3) is 0 Å². The zero-order chi connectivity index (χ0) is 9.78. The Morgan fingerprint density at radius 2 is 1.67 bits per heavy atom. The fraction of sp³-hybridized carbons (Fsp3) is 1.00. The molecule has 0 saturated heterocycles. The van der Waals surface area contributed by atoms with E-state index in [0.717, 1.165) is 13.0 Å². The van der Waals surface area contributed by atoms with Gasteiger partial charge in [0.2, 0.25) is 0 Å². The predicted octanol–water partition coefficient (Wildman–Crippen LogP) is 3.48. The normalized spacial score (nSPS) is 17.5. The minimum Gasteiger partial charge on any atom is -0.378 e. The Kier molecular flexibility index (Phi) is 4.84. The summed E-state index contributed by atoms with van der Waals surface area (Å²) in [7, 11) is 0. The van der Waals surface area contributed by atoms with Crippen molar-refractivity contribution in [3.05, 3.63) is 0 Å². The van der Waals surface area contributed by atoms with Crippen molar-refractivity contribution in [1.29, 1.82) is 0 Å². The van der Waals surface area contributed by atoms with Crippen LogP contribution in [0.5, 0.6) is 0 Å². The Morgan fingerprint density at radius 3 is 2.00 bits per heavy atom. The first-order valence-corrected chi connectivity index (χ1v) is 5.01. The molecule has 0 aliphatic heterocycles. The molecule has 0 heterocycles. The summed E-state index contributed by atoms with van der Waals surface area (Å²) in [6.07, 6.45) is 1.49. The highest BCUT2D eigenvalue weighted by Gasteiger charge is 2.25. The van der Waals surface area contributed by atoms with Crippen LogP contribution < -0.4 is 0 Å². The number of hydrogen-bond donors (Lipinski definition) is 0. The van der Waals surface area contributed by atoms with Gasteiger partial charge in [-0.15, -0.1) is 0 Å². The van der Waals surface area contributed by atoms with Gasteiger partial charge in [-0.1, -0.05) is 34.6 Å². The van der Waals surface area contributed by atoms with E-state index < -0.39 is 0 Å². The van der Waals surface area contributed by atoms with Gasteiger partial charge < -0.3 is 4.74 Å². The van der Waals surface area contributed by atoms with Crippen LogP contribution in [0.2, 0.25) is 0 Å². The molecule has 2 atom stereocenters. The molecule has 0 aliphatic rings. The molecule has 0 unspecified atom stereocenters. The third-order valence-electron chi connectivity index (χ3n) is 2.66. The molecule has 12 heavy (non-hydrogen) atoms. The number of rotatable bonds is 4. The number of ether oxygens (including phenoxy) is 1. The highest BCUT2D eigenvalue weighted by Crippen LogP contribution is 2.29. The zero-order valence-corrected chi connectivity index (χ0v) is 9.48. The Hall–Kier alpha value is -0.0400. The van der Waals surface area contributed by atoms with Gasteiger partial charge >= 0.3 is 0 Å². The predicted molar refractivity (Wildman–Crippen MR) is 54.3 cm³/mol. The monoisotopic (exact) mass is 172 g/mol. The third-order valence-corrected chi connectivity index (χ3v) is 2.66. The first kappa shape index (κ1) is 12.0. The van der Waals surface area contributed by atoms with Gasteiger partial charge in [-0.3, -0.25) is 0 Å². The van der Waals surface area contributed by atoms with Crippen LogP contribution in [0, 0.1) is 11.3 Å². The molecule has 1 nitrogen and oxygen atoms in total. The summed E-state index contributed by atoms with van der Waals surface area (Å²) in [4.78, 5) is 0. The summed E-state index contributed by atoms with van der Waals surface area (Å²) in [5, 5.41) is 0. The van der Waals surface area contributed by atoms with Gasteiger partial charge in [0, 0.05) is 6.61 Å². The second-order valence-corrected chi connectivity index (χ2v) is 4.73. The van der Waals surface area contributed by atoms with Crippen LogP contribution in [0.4, 0.5) is 0 Å². The molecule has 0 amide bonds. The molecule has 0 aromatic rings. The maximum atomic E-state index is 5.68. The van der Waals surface area contributed by atoms with E-state index in [-0.39, 0.29) is 0 Å². The van der Waals surface area contributed by atoms with Crippen LogP contribution in [0.1, 0.15) is 48.0 Å². The van der Waals surface area contributed by atoms with Crippen LogP contribution in [-0.4, -0.2) is 12.7 Å². The van der Waals surface area contributed by atoms with E-state index in [9.17, 15) is 0 Å². The lowest BCUT2D eigenvalue weighted by Gasteiger charge is -2.32. The molecule has 0 fully saturated rings. The summed E-state index contributed by atoms with van der Waals surface area (Å²) in [6, 6.07) is 0. The maximum absolute atomic E-state index is 5.68. The van der Waals surface area contributed by atoms with Crippen molar-refractivity contribution >= 4 is 0 Å². The summed E-state index contributed by atoms with van der Waals surface area (Å²) in [5.74, 6) is 0.615. The topological polar surface area (TPSA) is 9.23 Å². The van der Waals surface area contributed by atoms with E-state index in [0.29, 0.717) is 17.4 Å². The van der Waals surface area contributed by atoms with E-state index >= 15 is 0 Å². The van der Waals surface area contributed by atoms with Crippen molar-refractivity contribution in [2.24, 2.45) is 11.3 Å². The van der Waals surface area contributed by atoms with Crippen molar-refractivity contribution in [3.8, 4) is 0 Å². The summed E-state index contributed by atoms with van der Waals surface area (Å²) in [5.41, 5.74) is 0.354. The average Bonchev–Trinajstić information content (AvgIpc) is 1.97. The molecule has 0 saturated carbocycles. The van der Waals surface area contributed by atoms with Gasteiger partial charge in [0.05, 0.1) is 6.10 Å². The van der Waals surface area contributed by atoms with Crippen LogP contribution in [-0.2, 0) is 4.74 Å². The minimum atomic E-state index is 0.354. The maximum Gasteiger partial charge on any atom is 0.0577 e. The van der Waals surface area contributed by atoms with Crippen LogP contribution >= 0.6 is 0 Å². The Bertz CT molecular complexity index is 113. The average molecular weight is 172 g/mol. The highest BCUT2D eigenvalue weighted by molar-refractivity contribution is 4.74. The van der Waals surface area contributed by atoms with Crippen molar-refractivity contribution in [3.63, 3.8) is 0 Å². The van der Waals surface area contributed by atoms with Gasteiger partial charge in [-0.05, 0) is 24.7 Å². The molecule has 0 aromatic heterocycles. The first-order chi connectivity index (χ1) is 5.39. The molecule has 0 aromatic carbocycles. The second-order valence-electron chi connectivity index (χ2n) is 4.73. The largest absolute Gasteiger partial charge is 0.378 e. The lowest BCUT2D eigenvalue weighted by atomic mass is 9.79. The lowest BCUT2D eigenvalue weighted by molar-refractivity contribution is -0.00503. The summed E-state index contributed by atoms with van der Waals surface area (Å²) >= 11 is 0. The van der Waals surface area contributed by atoms with Crippen molar-refractivity contribution < 1.29 is 4.74 Å². The first-order valence-electron chi connectivity index (χ1n) is 5.01. The zero-order valence-electron chi connectivity index (χ0n) is 9.48. The highest BCUT2D eigenvalue weighted by atomic mass is 16.5. The van der Waals surface area contributed by atoms with Crippen LogP contribution in [0.25, 0.3) is 0 Å². The SMILES string of the molecule is CCCO[C@H](C)[C@@H](C)C(C)(C)C. The van der Waals surface area contributed by atoms with Gasteiger partial charge in [0.1, 0.15) is 0 Å². The molecule has 0 rings (SSSR count). The standard InChI is InChI=1S/C11H24O/c1-7-8-12-10(3)9(2)11(4,5)6/h9-10H,7-8H2,1-6H3/t9-,10-/m1/s1. The van der Waals surface area contributed by atoms with E-state index in [4.69, 9.17) is 4.74 Å². The van der Waals surface area contributed by atoms with Crippen molar-refractivity contribution in [1.82, 2.24) is 0 Å². The minimum absolute atomic E-state index is 0.354. The van der Waals surface area contributed by atoms with Crippen molar-refractivity contribution in [2.45, 2.75) is 54.1 Å². The van der Waals surface area contributed by atoms with Gasteiger partial charge in [-0.2, -0.15) is 0 Å². The fourth-order valence-electron chi connectivity index (χ4n) is 1.15. The quantitative estimate of drug-likeness (QED) is 0.631. The fourth-order valence-corrected chi connectivity index (χ4v) is 1.15. The molecule has 74 valence electrons. The van der Waals surface area contributed by atoms with Gasteiger partial charge in [-0.25, -0.2) is 0 Å². The molecular formula is C11H24O. The third kappa shape index (κ3) is 4.10. The summed E-state index contributed by atoms with van der Waals surface area (Å²) in [6.45, 7) is 14.3. The molecule has 0 aliphatic carbocycles. The molecule has 0 radical (unpaired) electrons. The smallest absolute Gasteiger partial charge is 0.0577 e. The van der Waals surface area contributed by atoms with Crippen LogP contribution in [0.15, 0.2) is 0 Å². The summed E-state index contributed by atoms with van der Waals surface area (Å²) < 4.78 is 5.68. The van der Waals surface area contributed by atoms with E-state index in [1.807, 2.05) is 0 Å². The molecule has 0 bridgehead atoms.